The van der Waals surface area contributed by atoms with E-state index in [4.69, 9.17) is 4.74 Å². The average Bonchev–Trinajstić information content (AvgIpc) is 3.13. The summed E-state index contributed by atoms with van der Waals surface area (Å²) < 4.78 is 38.9. The number of fused-ring (bicyclic) bond motifs is 5. The van der Waals surface area contributed by atoms with E-state index < -0.39 is 55.9 Å². The van der Waals surface area contributed by atoms with E-state index in [1.54, 1.807) is 12.2 Å². The first-order valence-electron chi connectivity index (χ1n) is 12.8. The Balaban J connectivity index is 1.34. The number of carbonyl (C=O) groups excluding carboxylic acids is 3. The standard InChI is InChI=1S/C28H32O9S/c1-26-10-8-18(29)13-17(26)6-7-20-21-9-11-28(33,27(21,2)14-22(30)24(20)26)23(31)15-37-25(32)16-4-3-5-19(12-16)38(34,35)36/h3-5,8,10,12-13,20-22,24,30,33H,6-7,9,11,14-15H2,1-2H3,(H,34,35,36)/p-1. The molecule has 1 aromatic carbocycles. The zero-order chi connectivity index (χ0) is 27.7. The number of allylic oxidation sites excluding steroid dienone is 4. The Kier molecular flexibility index (Phi) is 6.34. The number of benzene rings is 1. The van der Waals surface area contributed by atoms with Gasteiger partial charge in [-0.15, -0.1) is 0 Å². The van der Waals surface area contributed by atoms with E-state index in [9.17, 15) is 37.6 Å². The van der Waals surface area contributed by atoms with Crippen molar-refractivity contribution in [3.05, 3.63) is 53.6 Å². The Bertz CT molecular complexity index is 1380. The highest BCUT2D eigenvalue weighted by molar-refractivity contribution is 7.85. The van der Waals surface area contributed by atoms with Crippen LogP contribution in [0.1, 0.15) is 56.3 Å². The third kappa shape index (κ3) is 4.00. The van der Waals surface area contributed by atoms with Crippen molar-refractivity contribution in [2.24, 2.45) is 28.6 Å². The lowest BCUT2D eigenvalue weighted by atomic mass is 9.46. The summed E-state index contributed by atoms with van der Waals surface area (Å²) in [5.41, 5.74) is -2.42. The van der Waals surface area contributed by atoms with Crippen LogP contribution in [0.2, 0.25) is 0 Å². The highest BCUT2D eigenvalue weighted by Gasteiger charge is 2.68. The van der Waals surface area contributed by atoms with Crippen molar-refractivity contribution >= 4 is 27.7 Å². The molecule has 10 heteroatoms. The van der Waals surface area contributed by atoms with Crippen LogP contribution >= 0.6 is 0 Å². The summed E-state index contributed by atoms with van der Waals surface area (Å²) in [4.78, 5) is 37.3. The maximum absolute atomic E-state index is 13.4. The van der Waals surface area contributed by atoms with Crippen LogP contribution in [0.4, 0.5) is 0 Å². The normalized spacial score (nSPS) is 38.0. The van der Waals surface area contributed by atoms with Crippen LogP contribution in [-0.4, -0.2) is 59.0 Å². The summed E-state index contributed by atoms with van der Waals surface area (Å²) in [6.45, 7) is 3.13. The van der Waals surface area contributed by atoms with Crippen LogP contribution in [0, 0.1) is 28.6 Å². The van der Waals surface area contributed by atoms with Crippen LogP contribution in [0.15, 0.2) is 53.0 Å². The fraction of sp³-hybridized carbons (Fsp3) is 0.536. The molecule has 0 amide bonds. The Morgan fingerprint density at radius 2 is 1.95 bits per heavy atom. The molecule has 0 aliphatic heterocycles. The van der Waals surface area contributed by atoms with Crippen molar-refractivity contribution in [3.8, 4) is 0 Å². The maximum atomic E-state index is 13.4. The second-order valence-corrected chi connectivity index (χ2v) is 13.0. The largest absolute Gasteiger partial charge is 0.744 e. The zero-order valence-corrected chi connectivity index (χ0v) is 22.1. The van der Waals surface area contributed by atoms with Gasteiger partial charge >= 0.3 is 5.97 Å². The monoisotopic (exact) mass is 543 g/mol. The van der Waals surface area contributed by atoms with Crippen molar-refractivity contribution in [3.63, 3.8) is 0 Å². The third-order valence-electron chi connectivity index (χ3n) is 9.80. The van der Waals surface area contributed by atoms with Gasteiger partial charge in [-0.25, -0.2) is 13.2 Å². The highest BCUT2D eigenvalue weighted by atomic mass is 32.2. The van der Waals surface area contributed by atoms with Crippen molar-refractivity contribution in [2.75, 3.05) is 6.61 Å². The Labute approximate surface area is 221 Å². The first-order chi connectivity index (χ1) is 17.7. The molecular weight excluding hydrogens is 512 g/mol. The number of hydrogen-bond donors (Lipinski definition) is 2. The summed E-state index contributed by atoms with van der Waals surface area (Å²) >= 11 is 0. The molecule has 1 aromatic rings. The van der Waals surface area contributed by atoms with Gasteiger partial charge in [0.1, 0.15) is 15.7 Å². The topological polar surface area (TPSA) is 158 Å². The van der Waals surface area contributed by atoms with Gasteiger partial charge in [0.25, 0.3) is 0 Å². The van der Waals surface area contributed by atoms with E-state index in [1.165, 1.54) is 12.1 Å². The quantitative estimate of drug-likeness (QED) is 0.420. The second kappa shape index (κ2) is 8.94. The first-order valence-corrected chi connectivity index (χ1v) is 14.2. The zero-order valence-electron chi connectivity index (χ0n) is 21.3. The third-order valence-corrected chi connectivity index (χ3v) is 10.6. The average molecular weight is 544 g/mol. The van der Waals surface area contributed by atoms with Gasteiger partial charge in [0, 0.05) is 16.7 Å². The minimum Gasteiger partial charge on any atom is -0.744 e. The van der Waals surface area contributed by atoms with Crippen LogP contribution in [0.3, 0.4) is 0 Å². The molecule has 0 aromatic heterocycles. The molecule has 4 aliphatic carbocycles. The number of rotatable bonds is 5. The number of hydrogen-bond acceptors (Lipinski definition) is 9. The fourth-order valence-corrected chi connectivity index (χ4v) is 8.42. The summed E-state index contributed by atoms with van der Waals surface area (Å²) in [6.07, 6.45) is 6.66. The van der Waals surface area contributed by atoms with Crippen LogP contribution in [-0.2, 0) is 24.4 Å². The molecule has 0 spiro atoms. The molecule has 38 heavy (non-hydrogen) atoms. The van der Waals surface area contributed by atoms with E-state index in [2.05, 4.69) is 0 Å². The highest BCUT2D eigenvalue weighted by Crippen LogP contribution is 2.67. The smallest absolute Gasteiger partial charge is 0.338 e. The summed E-state index contributed by atoms with van der Waals surface area (Å²) in [7, 11) is -4.78. The van der Waals surface area contributed by atoms with Gasteiger partial charge in [-0.1, -0.05) is 31.6 Å². The molecule has 7 unspecified atom stereocenters. The van der Waals surface area contributed by atoms with Gasteiger partial charge in [-0.2, -0.15) is 0 Å². The van der Waals surface area contributed by atoms with Crippen molar-refractivity contribution in [2.45, 2.75) is 62.6 Å². The molecule has 2 N–H and O–H groups in total. The number of ketones is 2. The van der Waals surface area contributed by atoms with Gasteiger partial charge < -0.3 is 19.5 Å². The Morgan fingerprint density at radius 1 is 1.21 bits per heavy atom. The molecular formula is C28H31O9S-. The first kappa shape index (κ1) is 26.9. The van der Waals surface area contributed by atoms with Gasteiger partial charge in [0.05, 0.1) is 16.6 Å². The van der Waals surface area contributed by atoms with Crippen molar-refractivity contribution in [1.82, 2.24) is 0 Å². The van der Waals surface area contributed by atoms with E-state index in [0.717, 1.165) is 24.1 Å². The van der Waals surface area contributed by atoms with Gasteiger partial charge in [-0.3, -0.25) is 9.59 Å². The molecule has 0 radical (unpaired) electrons. The minimum absolute atomic E-state index is 0.0323. The lowest BCUT2D eigenvalue weighted by Crippen LogP contribution is -2.61. The van der Waals surface area contributed by atoms with E-state index in [1.807, 2.05) is 19.9 Å². The van der Waals surface area contributed by atoms with Crippen LogP contribution in [0.25, 0.3) is 0 Å². The second-order valence-electron chi connectivity index (χ2n) is 11.6. The molecule has 3 saturated carbocycles. The number of Topliss-reactive ketones (excluding diaryl/α,β-unsaturated/α-hetero) is 1. The lowest BCUT2D eigenvalue weighted by molar-refractivity contribution is -0.178. The molecule has 5 rings (SSSR count). The van der Waals surface area contributed by atoms with Crippen LogP contribution in [0.5, 0.6) is 0 Å². The number of aliphatic hydroxyl groups excluding tert-OH is 1. The minimum atomic E-state index is -4.78. The number of esters is 1. The summed E-state index contributed by atoms with van der Waals surface area (Å²) in [5, 5.41) is 23.2. The predicted molar refractivity (Wildman–Crippen MR) is 133 cm³/mol. The van der Waals surface area contributed by atoms with E-state index in [0.29, 0.717) is 12.8 Å². The van der Waals surface area contributed by atoms with Crippen LogP contribution < -0.4 is 0 Å². The molecule has 0 heterocycles. The Hall–Kier alpha value is -2.66. The molecule has 0 bridgehead atoms. The van der Waals surface area contributed by atoms with Gasteiger partial charge in [0.15, 0.2) is 12.4 Å². The van der Waals surface area contributed by atoms with E-state index >= 15 is 0 Å². The predicted octanol–water partition coefficient (Wildman–Crippen LogP) is 2.33. The SMILES string of the molecule is CC12C=CC(=O)C=C1CCC1C2C(O)CC2(C)C1CCC2(O)C(=O)COC(=O)c1cccc(S(=O)(=O)[O-])c1. The lowest BCUT2D eigenvalue weighted by Gasteiger charge is -2.59. The molecule has 204 valence electrons. The van der Waals surface area contributed by atoms with Gasteiger partial charge in [-0.05, 0) is 74.3 Å². The fourth-order valence-electron chi connectivity index (χ4n) is 7.90. The molecule has 0 saturated heterocycles. The van der Waals surface area contributed by atoms with Crippen molar-refractivity contribution < 1.29 is 42.3 Å². The number of aliphatic hydroxyl groups is 2. The number of carbonyl (C=O) groups is 3. The summed E-state index contributed by atoms with van der Waals surface area (Å²) in [5.74, 6) is -1.89. The number of ether oxygens (including phenoxy) is 1. The molecule has 4 aliphatic rings. The van der Waals surface area contributed by atoms with Crippen molar-refractivity contribution in [1.29, 1.82) is 0 Å². The molecule has 3 fully saturated rings. The molecule has 7 atom stereocenters. The van der Waals surface area contributed by atoms with E-state index in [-0.39, 0.29) is 41.9 Å². The summed E-state index contributed by atoms with van der Waals surface area (Å²) in [6, 6.07) is 4.43. The molecule has 9 nitrogen and oxygen atoms in total. The Morgan fingerprint density at radius 3 is 2.66 bits per heavy atom. The van der Waals surface area contributed by atoms with Gasteiger partial charge in [0.2, 0.25) is 5.78 Å². The maximum Gasteiger partial charge on any atom is 0.338 e.